The van der Waals surface area contributed by atoms with Crippen LogP contribution < -0.4 is 10.1 Å². The van der Waals surface area contributed by atoms with E-state index in [2.05, 4.69) is 31.4 Å². The van der Waals surface area contributed by atoms with E-state index in [1.807, 2.05) is 37.7 Å². The number of nitrogens with zero attached hydrogens (tertiary/aromatic N) is 4. The standard InChI is InChI=1S/C19H21BrClN5O2/c1-4-25-10-15(13(3)23-25)12(2)22-19(27)17-7-8-26(24-17)11-28-18-6-5-14(20)9-16(18)21/h5-10,12H,4,11H2,1-3H3,(H,22,27). The van der Waals surface area contributed by atoms with Crippen molar-refractivity contribution in [3.8, 4) is 5.75 Å². The molecule has 0 saturated carbocycles. The van der Waals surface area contributed by atoms with Crippen molar-refractivity contribution in [2.24, 2.45) is 0 Å². The van der Waals surface area contributed by atoms with Gasteiger partial charge in [-0.25, -0.2) is 4.68 Å². The lowest BCUT2D eigenvalue weighted by Crippen LogP contribution is -2.27. The summed E-state index contributed by atoms with van der Waals surface area (Å²) in [6.45, 7) is 6.82. The van der Waals surface area contributed by atoms with Gasteiger partial charge in [-0.2, -0.15) is 10.2 Å². The van der Waals surface area contributed by atoms with Crippen LogP contribution in [0.5, 0.6) is 5.75 Å². The molecule has 28 heavy (non-hydrogen) atoms. The SMILES string of the molecule is CCn1cc(C(C)NC(=O)c2ccn(COc3ccc(Br)cc3Cl)n2)c(C)n1. The van der Waals surface area contributed by atoms with E-state index in [0.717, 1.165) is 22.3 Å². The highest BCUT2D eigenvalue weighted by molar-refractivity contribution is 9.10. The summed E-state index contributed by atoms with van der Waals surface area (Å²) in [6.07, 6.45) is 3.64. The zero-order valence-corrected chi connectivity index (χ0v) is 18.2. The number of hydrogen-bond donors (Lipinski definition) is 1. The topological polar surface area (TPSA) is 74.0 Å². The van der Waals surface area contributed by atoms with Gasteiger partial charge in [0.2, 0.25) is 0 Å². The fourth-order valence-corrected chi connectivity index (χ4v) is 3.48. The smallest absolute Gasteiger partial charge is 0.272 e. The molecular weight excluding hydrogens is 446 g/mol. The summed E-state index contributed by atoms with van der Waals surface area (Å²) in [5.74, 6) is 0.292. The number of hydrogen-bond acceptors (Lipinski definition) is 4. The molecule has 3 rings (SSSR count). The minimum absolute atomic E-state index is 0.145. The zero-order valence-electron chi connectivity index (χ0n) is 15.8. The quantitative estimate of drug-likeness (QED) is 0.562. The van der Waals surface area contributed by atoms with Crippen LogP contribution in [-0.4, -0.2) is 25.5 Å². The molecule has 0 saturated heterocycles. The van der Waals surface area contributed by atoms with Crippen molar-refractivity contribution in [3.63, 3.8) is 0 Å². The number of halogens is 2. The molecule has 1 N–H and O–H groups in total. The van der Waals surface area contributed by atoms with Crippen molar-refractivity contribution >= 4 is 33.4 Å². The lowest BCUT2D eigenvalue weighted by molar-refractivity contribution is 0.0932. The maximum atomic E-state index is 12.5. The first kappa shape index (κ1) is 20.4. The summed E-state index contributed by atoms with van der Waals surface area (Å²) in [5, 5.41) is 12.1. The number of rotatable bonds is 7. The van der Waals surface area contributed by atoms with Crippen molar-refractivity contribution in [2.75, 3.05) is 0 Å². The Bertz CT molecular complexity index is 985. The van der Waals surface area contributed by atoms with Crippen LogP contribution in [0.3, 0.4) is 0 Å². The molecule has 7 nitrogen and oxygen atoms in total. The molecule has 9 heteroatoms. The minimum Gasteiger partial charge on any atom is -0.470 e. The molecule has 0 aliphatic carbocycles. The van der Waals surface area contributed by atoms with Gasteiger partial charge in [0.1, 0.15) is 11.4 Å². The molecular formula is C19H21BrClN5O2. The van der Waals surface area contributed by atoms with Crippen molar-refractivity contribution in [3.05, 3.63) is 63.1 Å². The Kier molecular flexibility index (Phi) is 6.41. The fourth-order valence-electron chi connectivity index (χ4n) is 2.75. The Morgan fingerprint density at radius 2 is 2.11 bits per heavy atom. The predicted octanol–water partition coefficient (Wildman–Crippen LogP) is 4.35. The van der Waals surface area contributed by atoms with E-state index in [0.29, 0.717) is 16.5 Å². The van der Waals surface area contributed by atoms with Crippen molar-refractivity contribution in [1.29, 1.82) is 0 Å². The van der Waals surface area contributed by atoms with Crippen LogP contribution in [0.25, 0.3) is 0 Å². The van der Waals surface area contributed by atoms with Crippen molar-refractivity contribution < 1.29 is 9.53 Å². The highest BCUT2D eigenvalue weighted by atomic mass is 79.9. The molecule has 2 heterocycles. The first-order chi connectivity index (χ1) is 13.4. The zero-order chi connectivity index (χ0) is 20.3. The minimum atomic E-state index is -0.253. The lowest BCUT2D eigenvalue weighted by Gasteiger charge is -2.12. The molecule has 148 valence electrons. The van der Waals surface area contributed by atoms with Gasteiger partial charge >= 0.3 is 0 Å². The molecule has 0 aliphatic heterocycles. The molecule has 0 bridgehead atoms. The number of carbonyl (C=O) groups is 1. The van der Waals surface area contributed by atoms with E-state index in [-0.39, 0.29) is 18.7 Å². The first-order valence-electron chi connectivity index (χ1n) is 8.83. The van der Waals surface area contributed by atoms with Crippen LogP contribution in [0.2, 0.25) is 5.02 Å². The Labute approximate surface area is 176 Å². The summed E-state index contributed by atoms with van der Waals surface area (Å²) in [4.78, 5) is 12.5. The van der Waals surface area contributed by atoms with Crippen molar-refractivity contribution in [2.45, 2.75) is 40.1 Å². The Morgan fingerprint density at radius 3 is 2.79 bits per heavy atom. The molecule has 1 amide bonds. The second-order valence-corrected chi connectivity index (χ2v) is 7.63. The van der Waals surface area contributed by atoms with E-state index in [1.165, 1.54) is 4.68 Å². The normalized spacial score (nSPS) is 12.0. The number of benzene rings is 1. The highest BCUT2D eigenvalue weighted by Gasteiger charge is 2.17. The molecule has 0 spiro atoms. The van der Waals surface area contributed by atoms with Crippen LogP contribution in [0.4, 0.5) is 0 Å². The number of ether oxygens (including phenoxy) is 1. The average molecular weight is 467 g/mol. The fraction of sp³-hybridized carbons (Fsp3) is 0.316. The summed E-state index contributed by atoms with van der Waals surface area (Å²) >= 11 is 9.49. The third kappa shape index (κ3) is 4.74. The van der Waals surface area contributed by atoms with Crippen LogP contribution in [0.1, 0.15) is 41.6 Å². The number of nitrogens with one attached hydrogen (secondary N) is 1. The second-order valence-electron chi connectivity index (χ2n) is 6.31. The number of aryl methyl sites for hydroxylation is 2. The number of amides is 1. The van der Waals surface area contributed by atoms with Gasteiger partial charge in [0.05, 0.1) is 16.8 Å². The van der Waals surface area contributed by atoms with E-state index in [4.69, 9.17) is 16.3 Å². The Morgan fingerprint density at radius 1 is 1.32 bits per heavy atom. The van der Waals surface area contributed by atoms with Gasteiger partial charge < -0.3 is 10.1 Å². The molecule has 2 aromatic heterocycles. The number of aromatic nitrogens is 4. The summed E-state index contributed by atoms with van der Waals surface area (Å²) in [6, 6.07) is 6.84. The van der Waals surface area contributed by atoms with Gasteiger partial charge in [-0.05, 0) is 45.0 Å². The van der Waals surface area contributed by atoms with Crippen LogP contribution >= 0.6 is 27.5 Å². The van der Waals surface area contributed by atoms with Crippen LogP contribution in [0.15, 0.2) is 41.1 Å². The van der Waals surface area contributed by atoms with E-state index in [1.54, 1.807) is 24.4 Å². The maximum Gasteiger partial charge on any atom is 0.272 e. The van der Waals surface area contributed by atoms with Gasteiger partial charge in [0, 0.05) is 29.0 Å². The van der Waals surface area contributed by atoms with Gasteiger partial charge in [0.15, 0.2) is 6.73 Å². The molecule has 0 aliphatic rings. The third-order valence-corrected chi connectivity index (χ3v) is 5.03. The monoisotopic (exact) mass is 465 g/mol. The second kappa shape index (κ2) is 8.79. The van der Waals surface area contributed by atoms with E-state index < -0.39 is 0 Å². The molecule has 0 radical (unpaired) electrons. The van der Waals surface area contributed by atoms with Gasteiger partial charge in [-0.15, -0.1) is 0 Å². The van der Waals surface area contributed by atoms with Crippen LogP contribution in [0, 0.1) is 6.92 Å². The molecule has 1 unspecified atom stereocenters. The summed E-state index contributed by atoms with van der Waals surface area (Å²) in [7, 11) is 0. The summed E-state index contributed by atoms with van der Waals surface area (Å²) in [5.41, 5.74) is 2.21. The van der Waals surface area contributed by atoms with Crippen molar-refractivity contribution in [1.82, 2.24) is 24.9 Å². The van der Waals surface area contributed by atoms with Gasteiger partial charge in [-0.3, -0.25) is 9.48 Å². The molecule has 1 atom stereocenters. The maximum absolute atomic E-state index is 12.5. The molecule has 1 aromatic carbocycles. The van der Waals surface area contributed by atoms with Gasteiger partial charge in [-0.1, -0.05) is 27.5 Å². The lowest BCUT2D eigenvalue weighted by atomic mass is 10.1. The average Bonchev–Trinajstić information content (AvgIpc) is 3.27. The van der Waals surface area contributed by atoms with E-state index in [9.17, 15) is 4.79 Å². The molecule has 0 fully saturated rings. The third-order valence-electron chi connectivity index (χ3n) is 4.24. The van der Waals surface area contributed by atoms with E-state index >= 15 is 0 Å². The predicted molar refractivity (Wildman–Crippen MR) is 111 cm³/mol. The Hall–Kier alpha value is -2.32. The largest absolute Gasteiger partial charge is 0.470 e. The molecule has 3 aromatic rings. The highest BCUT2D eigenvalue weighted by Crippen LogP contribution is 2.27. The van der Waals surface area contributed by atoms with Gasteiger partial charge in [0.25, 0.3) is 5.91 Å². The first-order valence-corrected chi connectivity index (χ1v) is 10.0. The van der Waals surface area contributed by atoms with Crippen LogP contribution in [-0.2, 0) is 13.3 Å². The Balaban J connectivity index is 1.61. The number of carbonyl (C=O) groups excluding carboxylic acids is 1. The summed E-state index contributed by atoms with van der Waals surface area (Å²) < 4.78 is 9.92.